The number of halogens is 1. The first-order chi connectivity index (χ1) is 5.86. The molecule has 0 radical (unpaired) electrons. The van der Waals surface area contributed by atoms with Crippen molar-refractivity contribution in [2.75, 3.05) is 0 Å². The van der Waals surface area contributed by atoms with E-state index in [1.165, 1.54) is 18.4 Å². The Bertz CT molecular complexity index is 218. The fourth-order valence-electron chi connectivity index (χ4n) is 1.09. The van der Waals surface area contributed by atoms with Crippen molar-refractivity contribution in [2.45, 2.75) is 26.2 Å². The summed E-state index contributed by atoms with van der Waals surface area (Å²) >= 11 is 5.18. The van der Waals surface area contributed by atoms with Crippen LogP contribution in [-0.2, 0) is 6.42 Å². The second-order valence-electron chi connectivity index (χ2n) is 2.82. The van der Waals surface area contributed by atoms with Gasteiger partial charge in [-0.3, -0.25) is 0 Å². The highest BCUT2D eigenvalue weighted by atomic mass is 35.5. The van der Waals surface area contributed by atoms with Gasteiger partial charge in [0.15, 0.2) is 0 Å². The van der Waals surface area contributed by atoms with Crippen LogP contribution in [0.5, 0.6) is 5.75 Å². The molecule has 0 amide bonds. The Balaban J connectivity index is 2.53. The van der Waals surface area contributed by atoms with Gasteiger partial charge in [0.05, 0.1) is 0 Å². The van der Waals surface area contributed by atoms with Gasteiger partial charge in [0.2, 0.25) is 0 Å². The first-order valence-electron chi connectivity index (χ1n) is 4.24. The minimum absolute atomic E-state index is 0.705. The lowest BCUT2D eigenvalue weighted by atomic mass is 10.1. The third-order valence-electron chi connectivity index (χ3n) is 1.83. The Hall–Kier alpha value is -0.690. The van der Waals surface area contributed by atoms with Crippen molar-refractivity contribution in [2.24, 2.45) is 0 Å². The van der Waals surface area contributed by atoms with E-state index in [2.05, 4.69) is 11.2 Å². The first-order valence-corrected chi connectivity index (χ1v) is 4.55. The van der Waals surface area contributed by atoms with Gasteiger partial charge in [0.25, 0.3) is 0 Å². The van der Waals surface area contributed by atoms with E-state index in [4.69, 9.17) is 11.9 Å². The molecule has 1 aromatic rings. The monoisotopic (exact) mass is 184 g/mol. The highest BCUT2D eigenvalue weighted by Crippen LogP contribution is 2.14. The Labute approximate surface area is 78.5 Å². The zero-order valence-corrected chi connectivity index (χ0v) is 7.97. The topological polar surface area (TPSA) is 9.23 Å². The summed E-state index contributed by atoms with van der Waals surface area (Å²) < 4.78 is 4.55. The van der Waals surface area contributed by atoms with Crippen molar-refractivity contribution in [3.05, 3.63) is 29.8 Å². The fourth-order valence-corrected chi connectivity index (χ4v) is 1.19. The van der Waals surface area contributed by atoms with Crippen LogP contribution in [0.2, 0.25) is 0 Å². The zero-order chi connectivity index (χ0) is 8.81. The standard InChI is InChI=1S/C10H13ClO/c1-2-3-4-9-5-7-10(12-11)8-6-9/h5-8H,2-4H2,1H3. The van der Waals surface area contributed by atoms with Crippen LogP contribution in [-0.4, -0.2) is 0 Å². The van der Waals surface area contributed by atoms with Crippen molar-refractivity contribution in [1.82, 2.24) is 0 Å². The molecule has 0 fully saturated rings. The van der Waals surface area contributed by atoms with E-state index >= 15 is 0 Å². The summed E-state index contributed by atoms with van der Waals surface area (Å²) in [6, 6.07) is 7.87. The maximum absolute atomic E-state index is 5.18. The molecule has 0 saturated carbocycles. The normalized spacial score (nSPS) is 9.83. The van der Waals surface area contributed by atoms with Crippen LogP contribution in [0.15, 0.2) is 24.3 Å². The summed E-state index contributed by atoms with van der Waals surface area (Å²) in [6.07, 6.45) is 3.61. The van der Waals surface area contributed by atoms with Gasteiger partial charge in [-0.15, -0.1) is 0 Å². The Morgan fingerprint density at radius 2 is 1.92 bits per heavy atom. The van der Waals surface area contributed by atoms with Gasteiger partial charge in [0, 0.05) is 0 Å². The van der Waals surface area contributed by atoms with E-state index in [1.54, 1.807) is 0 Å². The van der Waals surface area contributed by atoms with Crippen LogP contribution >= 0.6 is 11.9 Å². The van der Waals surface area contributed by atoms with Gasteiger partial charge in [0.1, 0.15) is 17.6 Å². The van der Waals surface area contributed by atoms with E-state index in [9.17, 15) is 0 Å². The molecule has 66 valence electrons. The number of hydrogen-bond acceptors (Lipinski definition) is 1. The lowest BCUT2D eigenvalue weighted by molar-refractivity contribution is 0.618. The minimum Gasteiger partial charge on any atom is -0.386 e. The highest BCUT2D eigenvalue weighted by molar-refractivity contribution is 6.09. The predicted octanol–water partition coefficient (Wildman–Crippen LogP) is 3.56. The molecule has 0 N–H and O–H groups in total. The van der Waals surface area contributed by atoms with Crippen molar-refractivity contribution in [3.63, 3.8) is 0 Å². The number of aryl methyl sites for hydroxylation is 1. The lowest BCUT2D eigenvalue weighted by Gasteiger charge is -2.00. The van der Waals surface area contributed by atoms with Gasteiger partial charge in [-0.05, 0) is 30.5 Å². The van der Waals surface area contributed by atoms with E-state index in [-0.39, 0.29) is 0 Å². The molecule has 0 aromatic heterocycles. The predicted molar refractivity (Wildman–Crippen MR) is 51.5 cm³/mol. The maximum Gasteiger partial charge on any atom is 0.146 e. The second kappa shape index (κ2) is 5.04. The van der Waals surface area contributed by atoms with Crippen LogP contribution < -0.4 is 4.29 Å². The third kappa shape index (κ3) is 2.74. The molecule has 0 atom stereocenters. The molecule has 0 spiro atoms. The number of unbranched alkanes of at least 4 members (excludes halogenated alkanes) is 1. The molecule has 1 aromatic carbocycles. The molecule has 0 heterocycles. The van der Waals surface area contributed by atoms with Crippen molar-refractivity contribution >= 4 is 11.9 Å². The molecule has 0 aliphatic rings. The smallest absolute Gasteiger partial charge is 0.146 e. The quantitative estimate of drug-likeness (QED) is 0.695. The van der Waals surface area contributed by atoms with Gasteiger partial charge in [-0.2, -0.15) is 0 Å². The average molecular weight is 185 g/mol. The molecule has 0 aliphatic heterocycles. The second-order valence-corrected chi connectivity index (χ2v) is 2.98. The van der Waals surface area contributed by atoms with Gasteiger partial charge in [-0.1, -0.05) is 25.5 Å². The zero-order valence-electron chi connectivity index (χ0n) is 7.22. The van der Waals surface area contributed by atoms with Crippen molar-refractivity contribution < 1.29 is 4.29 Å². The van der Waals surface area contributed by atoms with Crippen molar-refractivity contribution in [1.29, 1.82) is 0 Å². The highest BCUT2D eigenvalue weighted by Gasteiger charge is 1.93. The molecule has 1 nitrogen and oxygen atoms in total. The summed E-state index contributed by atoms with van der Waals surface area (Å²) in [5.74, 6) is 0.705. The summed E-state index contributed by atoms with van der Waals surface area (Å²) in [5, 5.41) is 0. The molecule has 2 heteroatoms. The third-order valence-corrected chi connectivity index (χ3v) is 2.01. The minimum atomic E-state index is 0.705. The molecule has 12 heavy (non-hydrogen) atoms. The summed E-state index contributed by atoms with van der Waals surface area (Å²) in [6.45, 7) is 2.19. The molecular formula is C10H13ClO. The maximum atomic E-state index is 5.18. The van der Waals surface area contributed by atoms with E-state index in [1.807, 2.05) is 24.3 Å². The number of benzene rings is 1. The molecule has 1 rings (SSSR count). The van der Waals surface area contributed by atoms with Gasteiger partial charge < -0.3 is 4.29 Å². The molecule has 0 saturated heterocycles. The van der Waals surface area contributed by atoms with Gasteiger partial charge in [-0.25, -0.2) is 0 Å². The molecule has 0 aliphatic carbocycles. The summed E-state index contributed by atoms with van der Waals surface area (Å²) in [4.78, 5) is 0. The SMILES string of the molecule is CCCCc1ccc(OCl)cc1. The Kier molecular flexibility index (Phi) is 3.95. The van der Waals surface area contributed by atoms with Crippen LogP contribution in [0, 0.1) is 0 Å². The summed E-state index contributed by atoms with van der Waals surface area (Å²) in [5.41, 5.74) is 1.34. The largest absolute Gasteiger partial charge is 0.386 e. The lowest BCUT2D eigenvalue weighted by Crippen LogP contribution is -1.83. The van der Waals surface area contributed by atoms with E-state index in [0.717, 1.165) is 6.42 Å². The first kappa shape index (κ1) is 9.40. The van der Waals surface area contributed by atoms with E-state index in [0.29, 0.717) is 5.75 Å². The molecular weight excluding hydrogens is 172 g/mol. The molecule has 0 unspecified atom stereocenters. The molecule has 0 bridgehead atoms. The summed E-state index contributed by atoms with van der Waals surface area (Å²) in [7, 11) is 0. The van der Waals surface area contributed by atoms with Gasteiger partial charge >= 0.3 is 0 Å². The number of rotatable bonds is 4. The average Bonchev–Trinajstić information content (AvgIpc) is 2.15. The fraction of sp³-hybridized carbons (Fsp3) is 0.400. The van der Waals surface area contributed by atoms with Crippen LogP contribution in [0.3, 0.4) is 0 Å². The Morgan fingerprint density at radius 1 is 1.25 bits per heavy atom. The Morgan fingerprint density at radius 3 is 2.42 bits per heavy atom. The van der Waals surface area contributed by atoms with Crippen molar-refractivity contribution in [3.8, 4) is 5.75 Å². The van der Waals surface area contributed by atoms with E-state index < -0.39 is 0 Å². The van der Waals surface area contributed by atoms with Crippen LogP contribution in [0.1, 0.15) is 25.3 Å². The van der Waals surface area contributed by atoms with Crippen LogP contribution in [0.25, 0.3) is 0 Å². The van der Waals surface area contributed by atoms with Crippen LogP contribution in [0.4, 0.5) is 0 Å². The number of hydrogen-bond donors (Lipinski definition) is 0.